The maximum Gasteiger partial charge on any atom is 0.275 e. The van der Waals surface area contributed by atoms with E-state index in [2.05, 4.69) is 15.0 Å². The highest BCUT2D eigenvalue weighted by Gasteiger charge is 2.23. The van der Waals surface area contributed by atoms with Gasteiger partial charge in [-0.2, -0.15) is 0 Å². The summed E-state index contributed by atoms with van der Waals surface area (Å²) in [4.78, 5) is 26.8. The van der Waals surface area contributed by atoms with Crippen LogP contribution >= 0.6 is 0 Å². The van der Waals surface area contributed by atoms with Gasteiger partial charge in [-0.3, -0.25) is 9.78 Å². The van der Waals surface area contributed by atoms with Gasteiger partial charge in [-0.15, -0.1) is 0 Å². The Labute approximate surface area is 134 Å². The van der Waals surface area contributed by atoms with Gasteiger partial charge >= 0.3 is 0 Å². The molecule has 0 unspecified atom stereocenters. The van der Waals surface area contributed by atoms with E-state index in [0.717, 1.165) is 44.5 Å². The number of likely N-dealkylation sites (tertiary alicyclic amines) is 1. The zero-order valence-electron chi connectivity index (χ0n) is 13.2. The van der Waals surface area contributed by atoms with Crippen molar-refractivity contribution in [3.63, 3.8) is 0 Å². The molecule has 3 heterocycles. The van der Waals surface area contributed by atoms with E-state index >= 15 is 0 Å². The number of aryl methyl sites for hydroxylation is 1. The summed E-state index contributed by atoms with van der Waals surface area (Å²) in [6.45, 7) is 3.23. The van der Waals surface area contributed by atoms with Crippen LogP contribution in [0, 0.1) is 12.8 Å². The Bertz CT molecular complexity index is 667. The molecular formula is C16H21N5O2. The molecule has 7 heteroatoms. The van der Waals surface area contributed by atoms with Gasteiger partial charge in [-0.05, 0) is 31.6 Å². The lowest BCUT2D eigenvalue weighted by Crippen LogP contribution is -2.32. The third-order valence-electron chi connectivity index (χ3n) is 4.20. The Morgan fingerprint density at radius 3 is 2.91 bits per heavy atom. The van der Waals surface area contributed by atoms with Gasteiger partial charge in [-0.25, -0.2) is 9.97 Å². The van der Waals surface area contributed by atoms with Crippen molar-refractivity contribution in [3.05, 3.63) is 35.9 Å². The molecule has 0 aliphatic carbocycles. The average Bonchev–Trinajstić information content (AvgIpc) is 2.84. The third-order valence-corrected chi connectivity index (χ3v) is 4.20. The van der Waals surface area contributed by atoms with Crippen LogP contribution in [-0.4, -0.2) is 38.8 Å². The maximum atomic E-state index is 12.4. The first-order valence-corrected chi connectivity index (χ1v) is 7.89. The summed E-state index contributed by atoms with van der Waals surface area (Å²) in [5.41, 5.74) is 6.91. The molecule has 2 aromatic heterocycles. The predicted molar refractivity (Wildman–Crippen MR) is 84.6 cm³/mol. The summed E-state index contributed by atoms with van der Waals surface area (Å²) < 4.78 is 5.13. The monoisotopic (exact) mass is 315 g/mol. The van der Waals surface area contributed by atoms with Gasteiger partial charge in [0.1, 0.15) is 12.1 Å². The Hall–Kier alpha value is -2.44. The van der Waals surface area contributed by atoms with Crippen LogP contribution in [0.15, 0.2) is 23.1 Å². The second-order valence-corrected chi connectivity index (χ2v) is 5.98. The van der Waals surface area contributed by atoms with Crippen molar-refractivity contribution in [1.29, 1.82) is 0 Å². The zero-order chi connectivity index (χ0) is 16.2. The molecule has 23 heavy (non-hydrogen) atoms. The largest absolute Gasteiger partial charge is 0.448 e. The molecule has 1 aliphatic heterocycles. The summed E-state index contributed by atoms with van der Waals surface area (Å²) in [7, 11) is 0. The first-order valence-electron chi connectivity index (χ1n) is 7.89. The molecule has 0 saturated carbocycles. The smallest absolute Gasteiger partial charge is 0.275 e. The number of carbonyl (C=O) groups is 1. The van der Waals surface area contributed by atoms with Crippen molar-refractivity contribution in [2.45, 2.75) is 32.6 Å². The van der Waals surface area contributed by atoms with Gasteiger partial charge in [-0.1, -0.05) is 0 Å². The molecule has 1 aliphatic rings. The average molecular weight is 315 g/mol. The molecule has 1 saturated heterocycles. The number of nitrogen functional groups attached to an aromatic ring is 1. The molecule has 1 amide bonds. The second-order valence-electron chi connectivity index (χ2n) is 5.98. The number of rotatable bonds is 3. The number of anilines is 1. The van der Waals surface area contributed by atoms with Crippen LogP contribution in [0.5, 0.6) is 0 Å². The van der Waals surface area contributed by atoms with Gasteiger partial charge in [0.2, 0.25) is 0 Å². The first kappa shape index (κ1) is 15.5. The third kappa shape index (κ3) is 3.85. The molecule has 0 aromatic carbocycles. The Balaban J connectivity index is 1.58. The SMILES string of the molecule is Cc1nc(C(=O)N2CCC[C@@H](Cc3cnc(N)cn3)CC2)co1. The molecule has 0 spiro atoms. The predicted octanol–water partition coefficient (Wildman–Crippen LogP) is 1.84. The molecule has 2 N–H and O–H groups in total. The normalized spacial score (nSPS) is 18.7. The lowest BCUT2D eigenvalue weighted by Gasteiger charge is -2.19. The van der Waals surface area contributed by atoms with Gasteiger partial charge in [0, 0.05) is 20.0 Å². The summed E-state index contributed by atoms with van der Waals surface area (Å²) in [5, 5.41) is 0. The lowest BCUT2D eigenvalue weighted by molar-refractivity contribution is 0.0754. The molecule has 0 bridgehead atoms. The molecule has 122 valence electrons. The van der Waals surface area contributed by atoms with Gasteiger partial charge < -0.3 is 15.1 Å². The summed E-state index contributed by atoms with van der Waals surface area (Å²) in [5.74, 6) is 1.41. The molecule has 7 nitrogen and oxygen atoms in total. The summed E-state index contributed by atoms with van der Waals surface area (Å²) in [6, 6.07) is 0. The molecule has 1 fully saturated rings. The molecule has 1 atom stereocenters. The fourth-order valence-corrected chi connectivity index (χ4v) is 2.96. The highest BCUT2D eigenvalue weighted by Crippen LogP contribution is 2.22. The van der Waals surface area contributed by atoms with E-state index < -0.39 is 0 Å². The number of oxazole rings is 1. The summed E-state index contributed by atoms with van der Waals surface area (Å²) in [6.07, 6.45) is 8.65. The fourth-order valence-electron chi connectivity index (χ4n) is 2.96. The summed E-state index contributed by atoms with van der Waals surface area (Å²) >= 11 is 0. The Kier molecular flexibility index (Phi) is 4.55. The number of amides is 1. The fraction of sp³-hybridized carbons (Fsp3) is 0.500. The van der Waals surface area contributed by atoms with Crippen LogP contribution in [0.3, 0.4) is 0 Å². The van der Waals surface area contributed by atoms with Crippen molar-refractivity contribution in [2.24, 2.45) is 5.92 Å². The molecule has 3 rings (SSSR count). The molecule has 0 radical (unpaired) electrons. The topological polar surface area (TPSA) is 98.1 Å². The van der Waals surface area contributed by atoms with E-state index in [1.165, 1.54) is 6.26 Å². The molecule has 2 aromatic rings. The van der Waals surface area contributed by atoms with Crippen LogP contribution in [0.1, 0.15) is 41.3 Å². The highest BCUT2D eigenvalue weighted by molar-refractivity contribution is 5.92. The number of aromatic nitrogens is 3. The standard InChI is InChI=1S/C16H21N5O2/c1-11-20-14(10-23-11)16(22)21-5-2-3-12(4-6-21)7-13-8-19-15(17)9-18-13/h8-10,12H,2-7H2,1H3,(H2,17,19)/t12-/m1/s1. The Morgan fingerprint density at radius 2 is 2.22 bits per heavy atom. The number of nitrogens with two attached hydrogens (primary N) is 1. The van der Waals surface area contributed by atoms with Crippen molar-refractivity contribution in [3.8, 4) is 0 Å². The van der Waals surface area contributed by atoms with Crippen LogP contribution in [-0.2, 0) is 6.42 Å². The van der Waals surface area contributed by atoms with Crippen LogP contribution < -0.4 is 5.73 Å². The van der Waals surface area contributed by atoms with Crippen molar-refractivity contribution >= 4 is 11.7 Å². The quantitative estimate of drug-likeness (QED) is 0.928. The van der Waals surface area contributed by atoms with E-state index in [9.17, 15) is 4.79 Å². The van der Waals surface area contributed by atoms with E-state index in [1.54, 1.807) is 19.3 Å². The second kappa shape index (κ2) is 6.76. The van der Waals surface area contributed by atoms with Crippen molar-refractivity contribution in [2.75, 3.05) is 18.8 Å². The maximum absolute atomic E-state index is 12.4. The Morgan fingerprint density at radius 1 is 1.35 bits per heavy atom. The van der Waals surface area contributed by atoms with Crippen LogP contribution in [0.25, 0.3) is 0 Å². The zero-order valence-corrected chi connectivity index (χ0v) is 13.2. The number of hydrogen-bond acceptors (Lipinski definition) is 6. The van der Waals surface area contributed by atoms with Crippen molar-refractivity contribution < 1.29 is 9.21 Å². The van der Waals surface area contributed by atoms with Crippen molar-refractivity contribution in [1.82, 2.24) is 19.9 Å². The minimum atomic E-state index is -0.0465. The number of nitrogens with zero attached hydrogens (tertiary/aromatic N) is 4. The highest BCUT2D eigenvalue weighted by atomic mass is 16.3. The van der Waals surface area contributed by atoms with Gasteiger partial charge in [0.25, 0.3) is 5.91 Å². The van der Waals surface area contributed by atoms with E-state index in [1.807, 2.05) is 4.90 Å². The van der Waals surface area contributed by atoms with Crippen LogP contribution in [0.4, 0.5) is 5.82 Å². The lowest BCUT2D eigenvalue weighted by atomic mass is 9.95. The first-order chi connectivity index (χ1) is 11.1. The molecular weight excluding hydrogens is 294 g/mol. The number of carbonyl (C=O) groups excluding carboxylic acids is 1. The number of hydrogen-bond donors (Lipinski definition) is 1. The van der Waals surface area contributed by atoms with E-state index in [4.69, 9.17) is 10.2 Å². The van der Waals surface area contributed by atoms with E-state index in [-0.39, 0.29) is 5.91 Å². The minimum absolute atomic E-state index is 0.0465. The van der Waals surface area contributed by atoms with Gasteiger partial charge in [0.15, 0.2) is 11.6 Å². The minimum Gasteiger partial charge on any atom is -0.448 e. The van der Waals surface area contributed by atoms with Crippen LogP contribution in [0.2, 0.25) is 0 Å². The van der Waals surface area contributed by atoms with E-state index in [0.29, 0.717) is 23.3 Å². The van der Waals surface area contributed by atoms with Gasteiger partial charge in [0.05, 0.1) is 18.1 Å².